The van der Waals surface area contributed by atoms with E-state index >= 15 is 4.39 Å². The molecule has 0 aliphatic heterocycles. The number of pyridine rings is 1. The number of halogens is 4. The van der Waals surface area contributed by atoms with E-state index in [1.807, 2.05) is 0 Å². The SMILES string of the molecule is CCCCCCCCc1ccc(N(C(=O)OCNC(C(=O)O)C(C)(C)C)c2nc(-c3cccnc3)c(F)s2)cc1C(F)(F)F. The molecular formula is C31H38F4N4O4S. The van der Waals surface area contributed by atoms with E-state index in [1.165, 1.54) is 24.5 Å². The van der Waals surface area contributed by atoms with Crippen molar-refractivity contribution in [3.8, 4) is 11.3 Å². The van der Waals surface area contributed by atoms with Gasteiger partial charge < -0.3 is 9.84 Å². The first kappa shape index (κ1) is 34.9. The van der Waals surface area contributed by atoms with E-state index in [0.29, 0.717) is 23.3 Å². The van der Waals surface area contributed by atoms with Gasteiger partial charge in [-0.3, -0.25) is 15.1 Å². The van der Waals surface area contributed by atoms with Crippen LogP contribution < -0.4 is 10.2 Å². The first-order chi connectivity index (χ1) is 20.7. The lowest BCUT2D eigenvalue weighted by Gasteiger charge is -2.28. The predicted octanol–water partition coefficient (Wildman–Crippen LogP) is 8.59. The quantitative estimate of drug-likeness (QED) is 0.104. The van der Waals surface area contributed by atoms with Crippen molar-refractivity contribution < 1.29 is 37.0 Å². The van der Waals surface area contributed by atoms with Crippen molar-refractivity contribution in [1.82, 2.24) is 15.3 Å². The number of anilines is 2. The molecule has 0 spiro atoms. The zero-order valence-corrected chi connectivity index (χ0v) is 26.0. The highest BCUT2D eigenvalue weighted by Gasteiger charge is 2.36. The zero-order valence-electron chi connectivity index (χ0n) is 25.2. The van der Waals surface area contributed by atoms with E-state index in [0.717, 1.165) is 43.1 Å². The molecule has 0 aliphatic carbocycles. The summed E-state index contributed by atoms with van der Waals surface area (Å²) in [7, 11) is 0. The van der Waals surface area contributed by atoms with Gasteiger partial charge in [0.2, 0.25) is 10.3 Å². The van der Waals surface area contributed by atoms with Crippen molar-refractivity contribution >= 4 is 34.2 Å². The van der Waals surface area contributed by atoms with Crippen LogP contribution in [0.25, 0.3) is 11.3 Å². The van der Waals surface area contributed by atoms with Gasteiger partial charge in [-0.2, -0.15) is 17.6 Å². The van der Waals surface area contributed by atoms with Crippen molar-refractivity contribution in [2.45, 2.75) is 84.9 Å². The number of carboxylic acid groups (broad SMARTS) is 1. The molecule has 1 aromatic carbocycles. The number of nitrogens with zero attached hydrogens (tertiary/aromatic N) is 3. The summed E-state index contributed by atoms with van der Waals surface area (Å²) in [6.45, 7) is 6.55. The average molecular weight is 639 g/mol. The van der Waals surface area contributed by atoms with Crippen LogP contribution in [-0.2, 0) is 22.1 Å². The number of ether oxygens (including phenoxy) is 1. The molecule has 8 nitrogen and oxygen atoms in total. The number of aliphatic carboxylic acids is 1. The highest BCUT2D eigenvalue weighted by Crippen LogP contribution is 2.40. The van der Waals surface area contributed by atoms with Crippen LogP contribution >= 0.6 is 11.3 Å². The second-order valence-corrected chi connectivity index (χ2v) is 12.4. The minimum absolute atomic E-state index is 0.0857. The molecule has 0 bridgehead atoms. The average Bonchev–Trinajstić information content (AvgIpc) is 3.33. The number of carbonyl (C=O) groups is 2. The van der Waals surface area contributed by atoms with Gasteiger partial charge in [-0.05, 0) is 48.1 Å². The summed E-state index contributed by atoms with van der Waals surface area (Å²) in [5.41, 5.74) is -1.63. The Hall–Kier alpha value is -3.58. The first-order valence-electron chi connectivity index (χ1n) is 14.4. The summed E-state index contributed by atoms with van der Waals surface area (Å²) >= 11 is 0.454. The van der Waals surface area contributed by atoms with Crippen LogP contribution in [0.5, 0.6) is 0 Å². The van der Waals surface area contributed by atoms with Crippen LogP contribution in [0.15, 0.2) is 42.7 Å². The van der Waals surface area contributed by atoms with Gasteiger partial charge >= 0.3 is 18.2 Å². The fourth-order valence-corrected chi connectivity index (χ4v) is 5.49. The fraction of sp³-hybridized carbons (Fsp3) is 0.484. The van der Waals surface area contributed by atoms with Crippen LogP contribution in [0.1, 0.15) is 77.3 Å². The van der Waals surface area contributed by atoms with Gasteiger partial charge in [-0.25, -0.2) is 14.7 Å². The summed E-state index contributed by atoms with van der Waals surface area (Å²) in [5, 5.41) is 11.1. The van der Waals surface area contributed by atoms with Gasteiger partial charge in [0.05, 0.1) is 11.3 Å². The van der Waals surface area contributed by atoms with E-state index in [1.54, 1.807) is 32.9 Å². The molecule has 3 aromatic rings. The maximum absolute atomic E-state index is 15.1. The third kappa shape index (κ3) is 9.46. The topological polar surface area (TPSA) is 105 Å². The number of amides is 1. The predicted molar refractivity (Wildman–Crippen MR) is 161 cm³/mol. The maximum atomic E-state index is 15.1. The number of rotatable bonds is 14. The van der Waals surface area contributed by atoms with Gasteiger partial charge in [-0.1, -0.05) is 77.2 Å². The number of unbranched alkanes of at least 4 members (excludes halogenated alkanes) is 5. The molecule has 1 unspecified atom stereocenters. The van der Waals surface area contributed by atoms with Crippen LogP contribution in [0.4, 0.5) is 33.2 Å². The van der Waals surface area contributed by atoms with Gasteiger partial charge in [0.25, 0.3) is 0 Å². The largest absolute Gasteiger partial charge is 0.480 e. The summed E-state index contributed by atoms with van der Waals surface area (Å²) in [6, 6.07) is 5.51. The number of carbonyl (C=O) groups excluding carboxylic acids is 1. The number of hydrogen-bond acceptors (Lipinski definition) is 7. The lowest BCUT2D eigenvalue weighted by atomic mass is 9.87. The highest BCUT2D eigenvalue weighted by atomic mass is 32.1. The van der Waals surface area contributed by atoms with Crippen molar-refractivity contribution in [3.63, 3.8) is 0 Å². The Morgan fingerprint density at radius 1 is 1.09 bits per heavy atom. The van der Waals surface area contributed by atoms with E-state index < -0.39 is 47.1 Å². The summed E-state index contributed by atoms with van der Waals surface area (Å²) in [4.78, 5) is 34.0. The zero-order chi connectivity index (χ0) is 32.5. The Balaban J connectivity index is 1.96. The normalized spacial score (nSPS) is 12.6. The van der Waals surface area contributed by atoms with Crippen molar-refractivity contribution in [1.29, 1.82) is 0 Å². The molecule has 0 aliphatic rings. The Morgan fingerprint density at radius 3 is 2.41 bits per heavy atom. The third-order valence-corrected chi connectivity index (χ3v) is 7.77. The smallest absolute Gasteiger partial charge is 0.422 e. The van der Waals surface area contributed by atoms with Crippen molar-refractivity contribution in [2.75, 3.05) is 11.6 Å². The molecule has 0 radical (unpaired) electrons. The Labute approximate surface area is 258 Å². The van der Waals surface area contributed by atoms with E-state index in [2.05, 4.69) is 22.2 Å². The molecule has 2 aromatic heterocycles. The molecule has 0 saturated carbocycles. The molecule has 13 heteroatoms. The molecule has 1 amide bonds. The number of aryl methyl sites for hydroxylation is 1. The minimum Gasteiger partial charge on any atom is -0.480 e. The van der Waals surface area contributed by atoms with Crippen molar-refractivity contribution in [3.05, 3.63) is 59.0 Å². The highest BCUT2D eigenvalue weighted by molar-refractivity contribution is 7.14. The monoisotopic (exact) mass is 638 g/mol. The van der Waals surface area contributed by atoms with Crippen LogP contribution in [-0.4, -0.2) is 39.9 Å². The van der Waals surface area contributed by atoms with Gasteiger partial charge in [0.1, 0.15) is 18.5 Å². The lowest BCUT2D eigenvalue weighted by Crippen LogP contribution is -2.48. The summed E-state index contributed by atoms with van der Waals surface area (Å²) < 4.78 is 63.1. The number of nitrogens with one attached hydrogen (secondary N) is 1. The number of alkyl halides is 3. The van der Waals surface area contributed by atoms with Gasteiger partial charge in [-0.15, -0.1) is 0 Å². The van der Waals surface area contributed by atoms with Crippen LogP contribution in [0.2, 0.25) is 0 Å². The lowest BCUT2D eigenvalue weighted by molar-refractivity contribution is -0.143. The Morgan fingerprint density at radius 2 is 1.80 bits per heavy atom. The standard InChI is InChI=1S/C31H38F4N4O4S/c1-5-6-7-8-9-10-12-20-14-15-22(17-23(20)31(33,34)35)39(29(42)43-19-37-25(27(40)41)30(2,3)4)28-38-24(26(32)44-28)21-13-11-16-36-18-21/h11,13-18,25,37H,5-10,12,19H2,1-4H3,(H,40,41). The molecule has 44 heavy (non-hydrogen) atoms. The van der Waals surface area contributed by atoms with E-state index in [9.17, 15) is 27.9 Å². The molecule has 2 N–H and O–H groups in total. The molecule has 240 valence electrons. The first-order valence-corrected chi connectivity index (χ1v) is 15.3. The number of aromatic nitrogens is 2. The second kappa shape index (κ2) is 15.4. The Kier molecular flexibility index (Phi) is 12.2. The molecule has 2 heterocycles. The van der Waals surface area contributed by atoms with Crippen LogP contribution in [0, 0.1) is 10.5 Å². The molecular weight excluding hydrogens is 600 g/mol. The van der Waals surface area contributed by atoms with Crippen molar-refractivity contribution in [2.24, 2.45) is 5.41 Å². The summed E-state index contributed by atoms with van der Waals surface area (Å²) in [5.74, 6) is -1.18. The van der Waals surface area contributed by atoms with Gasteiger partial charge in [0.15, 0.2) is 0 Å². The second-order valence-electron chi connectivity index (χ2n) is 11.4. The number of benzene rings is 1. The molecule has 0 saturated heterocycles. The molecule has 0 fully saturated rings. The van der Waals surface area contributed by atoms with E-state index in [4.69, 9.17) is 4.74 Å². The maximum Gasteiger partial charge on any atom is 0.422 e. The fourth-order valence-electron chi connectivity index (χ4n) is 4.66. The number of carboxylic acids is 1. The summed E-state index contributed by atoms with van der Waals surface area (Å²) in [6.07, 6.45) is 2.66. The minimum atomic E-state index is -4.72. The molecule has 3 rings (SSSR count). The number of hydrogen-bond donors (Lipinski definition) is 2. The molecule has 1 atom stereocenters. The van der Waals surface area contributed by atoms with Crippen LogP contribution in [0.3, 0.4) is 0 Å². The van der Waals surface area contributed by atoms with Gasteiger partial charge in [0, 0.05) is 18.0 Å². The number of thiazole rings is 1. The third-order valence-electron chi connectivity index (χ3n) is 6.94. The Bertz CT molecular complexity index is 1390. The van der Waals surface area contributed by atoms with E-state index in [-0.39, 0.29) is 28.5 Å².